The first-order valence-corrected chi connectivity index (χ1v) is 10.8. The van der Waals surface area contributed by atoms with Crippen LogP contribution >= 0.6 is 0 Å². The molecule has 2 aromatic rings. The molecule has 0 spiro atoms. The van der Waals surface area contributed by atoms with Gasteiger partial charge in [-0.15, -0.1) is 0 Å². The van der Waals surface area contributed by atoms with Crippen LogP contribution in [0.5, 0.6) is 0 Å². The highest BCUT2D eigenvalue weighted by atomic mass is 32.2. The number of sulfonamides is 1. The second-order valence-electron chi connectivity index (χ2n) is 6.95. The molecule has 3 rings (SSSR count). The van der Waals surface area contributed by atoms with E-state index in [0.29, 0.717) is 6.42 Å². The van der Waals surface area contributed by atoms with Gasteiger partial charge in [-0.2, -0.15) is 4.31 Å². The van der Waals surface area contributed by atoms with E-state index >= 15 is 0 Å². The van der Waals surface area contributed by atoms with Crippen LogP contribution in [-0.2, 0) is 19.6 Å². The predicted octanol–water partition coefficient (Wildman–Crippen LogP) is 2.67. The van der Waals surface area contributed by atoms with Crippen molar-refractivity contribution in [2.45, 2.75) is 37.2 Å². The van der Waals surface area contributed by atoms with E-state index in [9.17, 15) is 18.3 Å². The van der Waals surface area contributed by atoms with Crippen LogP contribution in [0.25, 0.3) is 0 Å². The van der Waals surface area contributed by atoms with E-state index in [4.69, 9.17) is 4.74 Å². The number of hydrogen-bond acceptors (Lipinski definition) is 5. The predicted molar refractivity (Wildman–Crippen MR) is 105 cm³/mol. The molecule has 0 aliphatic carbocycles. The van der Waals surface area contributed by atoms with Crippen molar-refractivity contribution in [1.82, 2.24) is 4.31 Å². The van der Waals surface area contributed by atoms with Gasteiger partial charge in [0, 0.05) is 12.5 Å². The Morgan fingerprint density at radius 2 is 1.79 bits per heavy atom. The van der Waals surface area contributed by atoms with E-state index in [2.05, 4.69) is 0 Å². The standard InChI is InChI=1S/C21H25NO5S/c1-3-27-21(24)20-17(14-23)13-19(16-7-5-4-6-8-16)22(20)28(25,26)18-11-9-15(2)10-12-18/h4-12,17,19-20,23H,3,13-14H2,1-2H3/t17-,19-,20+/m0/s1. The van der Waals surface area contributed by atoms with Gasteiger partial charge in [-0.25, -0.2) is 8.42 Å². The number of benzene rings is 2. The van der Waals surface area contributed by atoms with Gasteiger partial charge in [0.15, 0.2) is 0 Å². The van der Waals surface area contributed by atoms with Crippen molar-refractivity contribution in [3.05, 3.63) is 65.7 Å². The maximum absolute atomic E-state index is 13.5. The highest BCUT2D eigenvalue weighted by Gasteiger charge is 2.52. The number of ether oxygens (including phenoxy) is 1. The number of hydrogen-bond donors (Lipinski definition) is 1. The van der Waals surface area contributed by atoms with Crippen molar-refractivity contribution in [3.8, 4) is 0 Å². The van der Waals surface area contributed by atoms with E-state index in [1.807, 2.05) is 37.3 Å². The molecule has 0 unspecified atom stereocenters. The molecule has 1 aliphatic rings. The van der Waals surface area contributed by atoms with Gasteiger partial charge in [-0.1, -0.05) is 48.0 Å². The van der Waals surface area contributed by atoms with Crippen molar-refractivity contribution >= 4 is 16.0 Å². The van der Waals surface area contributed by atoms with E-state index in [-0.39, 0.29) is 18.1 Å². The largest absolute Gasteiger partial charge is 0.465 e. The fourth-order valence-electron chi connectivity index (χ4n) is 3.73. The third kappa shape index (κ3) is 3.83. The average Bonchev–Trinajstić information content (AvgIpc) is 3.10. The van der Waals surface area contributed by atoms with Gasteiger partial charge in [0.05, 0.1) is 17.5 Å². The fraction of sp³-hybridized carbons (Fsp3) is 0.381. The number of rotatable bonds is 6. The van der Waals surface area contributed by atoms with Gasteiger partial charge in [-0.05, 0) is 38.0 Å². The molecule has 1 heterocycles. The van der Waals surface area contributed by atoms with Crippen LogP contribution in [0.15, 0.2) is 59.5 Å². The number of aliphatic hydroxyl groups excluding tert-OH is 1. The Balaban J connectivity index is 2.13. The molecular formula is C21H25NO5S. The van der Waals surface area contributed by atoms with Crippen LogP contribution in [0.4, 0.5) is 0 Å². The minimum Gasteiger partial charge on any atom is -0.465 e. The topological polar surface area (TPSA) is 83.9 Å². The van der Waals surface area contributed by atoms with Crippen LogP contribution in [0.1, 0.15) is 30.5 Å². The first-order valence-electron chi connectivity index (χ1n) is 9.32. The fourth-order valence-corrected chi connectivity index (χ4v) is 5.55. The van der Waals surface area contributed by atoms with Crippen molar-refractivity contribution in [3.63, 3.8) is 0 Å². The van der Waals surface area contributed by atoms with E-state index in [1.54, 1.807) is 31.2 Å². The van der Waals surface area contributed by atoms with Gasteiger partial charge in [0.25, 0.3) is 0 Å². The molecule has 28 heavy (non-hydrogen) atoms. The molecule has 6 nitrogen and oxygen atoms in total. The van der Waals surface area contributed by atoms with Crippen LogP contribution in [0, 0.1) is 12.8 Å². The molecule has 1 fully saturated rings. The van der Waals surface area contributed by atoms with Crippen LogP contribution in [0.3, 0.4) is 0 Å². The summed E-state index contributed by atoms with van der Waals surface area (Å²) in [6.07, 6.45) is 0.342. The Hall–Kier alpha value is -2.22. The van der Waals surface area contributed by atoms with Gasteiger partial charge >= 0.3 is 5.97 Å². The number of aryl methyl sites for hydroxylation is 1. The lowest BCUT2D eigenvalue weighted by Gasteiger charge is -2.29. The Bertz CT molecular complexity index is 912. The second kappa shape index (κ2) is 8.43. The number of carbonyl (C=O) groups is 1. The summed E-state index contributed by atoms with van der Waals surface area (Å²) in [5.41, 5.74) is 1.72. The molecule has 150 valence electrons. The summed E-state index contributed by atoms with van der Waals surface area (Å²) in [7, 11) is -3.99. The van der Waals surface area contributed by atoms with E-state index in [0.717, 1.165) is 11.1 Å². The number of esters is 1. The molecule has 1 aliphatic heterocycles. The Labute approximate surface area is 165 Å². The summed E-state index contributed by atoms with van der Waals surface area (Å²) < 4.78 is 33.5. The maximum atomic E-state index is 13.5. The van der Waals surface area contributed by atoms with Gasteiger partial charge in [0.1, 0.15) is 6.04 Å². The maximum Gasteiger partial charge on any atom is 0.324 e. The molecule has 0 amide bonds. The monoisotopic (exact) mass is 403 g/mol. The van der Waals surface area contributed by atoms with E-state index < -0.39 is 34.0 Å². The average molecular weight is 404 g/mol. The molecule has 1 N–H and O–H groups in total. The smallest absolute Gasteiger partial charge is 0.324 e. The van der Waals surface area contributed by atoms with Crippen molar-refractivity contribution in [2.24, 2.45) is 5.92 Å². The Morgan fingerprint density at radius 1 is 1.14 bits per heavy atom. The third-order valence-electron chi connectivity index (χ3n) is 5.10. The normalized spacial score (nSPS) is 22.9. The van der Waals surface area contributed by atoms with Gasteiger partial charge in [-0.3, -0.25) is 4.79 Å². The minimum absolute atomic E-state index is 0.118. The third-order valence-corrected chi connectivity index (χ3v) is 7.00. The highest BCUT2D eigenvalue weighted by Crippen LogP contribution is 2.44. The molecule has 0 radical (unpaired) electrons. The molecular weight excluding hydrogens is 378 g/mol. The zero-order valence-electron chi connectivity index (χ0n) is 16.0. The molecule has 0 aromatic heterocycles. The van der Waals surface area contributed by atoms with Crippen molar-refractivity contribution in [1.29, 1.82) is 0 Å². The van der Waals surface area contributed by atoms with E-state index in [1.165, 1.54) is 4.31 Å². The van der Waals surface area contributed by atoms with Crippen molar-refractivity contribution < 1.29 is 23.1 Å². The summed E-state index contributed by atoms with van der Waals surface area (Å²) >= 11 is 0. The summed E-state index contributed by atoms with van der Waals surface area (Å²) in [6.45, 7) is 3.39. The number of nitrogens with zero attached hydrogens (tertiary/aromatic N) is 1. The van der Waals surface area contributed by atoms with Crippen molar-refractivity contribution in [2.75, 3.05) is 13.2 Å². The molecule has 1 saturated heterocycles. The lowest BCUT2D eigenvalue weighted by Crippen LogP contribution is -2.45. The Morgan fingerprint density at radius 3 is 2.36 bits per heavy atom. The zero-order valence-corrected chi connectivity index (χ0v) is 16.8. The molecule has 7 heteroatoms. The first kappa shape index (κ1) is 20.5. The first-order chi connectivity index (χ1) is 13.4. The molecule has 0 bridgehead atoms. The number of aliphatic hydroxyl groups is 1. The quantitative estimate of drug-likeness (QED) is 0.750. The Kier molecular flexibility index (Phi) is 6.17. The second-order valence-corrected chi connectivity index (χ2v) is 8.79. The van der Waals surface area contributed by atoms with Gasteiger partial charge < -0.3 is 9.84 Å². The summed E-state index contributed by atoms with van der Waals surface area (Å²) in [4.78, 5) is 12.8. The van der Waals surface area contributed by atoms with Crippen LogP contribution < -0.4 is 0 Å². The van der Waals surface area contributed by atoms with Gasteiger partial charge in [0.2, 0.25) is 10.0 Å². The summed E-state index contributed by atoms with van der Waals surface area (Å²) in [5, 5.41) is 9.88. The zero-order chi connectivity index (χ0) is 20.3. The lowest BCUT2D eigenvalue weighted by atomic mass is 9.97. The highest BCUT2D eigenvalue weighted by molar-refractivity contribution is 7.89. The summed E-state index contributed by atoms with van der Waals surface area (Å²) in [6, 6.07) is 14.1. The molecule has 0 saturated carbocycles. The van der Waals surface area contributed by atoms with Crippen LogP contribution in [-0.4, -0.2) is 43.1 Å². The van der Waals surface area contributed by atoms with Crippen LogP contribution in [0.2, 0.25) is 0 Å². The molecule has 3 atom stereocenters. The molecule has 2 aromatic carbocycles. The summed E-state index contributed by atoms with van der Waals surface area (Å²) in [5.74, 6) is -1.17. The number of carbonyl (C=O) groups excluding carboxylic acids is 1. The SMILES string of the molecule is CCOC(=O)[C@H]1[C@H](CO)C[C@@H](c2ccccc2)N1S(=O)(=O)c1ccc(C)cc1. The lowest BCUT2D eigenvalue weighted by molar-refractivity contribution is -0.148. The minimum atomic E-state index is -3.99.